The summed E-state index contributed by atoms with van der Waals surface area (Å²) in [6, 6.07) is 4.00. The average Bonchev–Trinajstić information content (AvgIpc) is 3.29. The molecule has 25 heavy (non-hydrogen) atoms. The van der Waals surface area contributed by atoms with Crippen molar-refractivity contribution in [1.82, 2.24) is 19.8 Å². The van der Waals surface area contributed by atoms with Gasteiger partial charge in [-0.25, -0.2) is 4.98 Å². The minimum absolute atomic E-state index is 0.0468. The Morgan fingerprint density at radius 2 is 2.28 bits per heavy atom. The first-order valence-electron chi connectivity index (χ1n) is 9.12. The highest BCUT2D eigenvalue weighted by molar-refractivity contribution is 5.78. The number of furan rings is 1. The van der Waals surface area contributed by atoms with Crippen molar-refractivity contribution in [2.75, 3.05) is 13.1 Å². The number of hydrogen-bond donors (Lipinski definition) is 1. The molecule has 2 aromatic heterocycles. The third-order valence-corrected chi connectivity index (χ3v) is 4.86. The van der Waals surface area contributed by atoms with Crippen molar-refractivity contribution >= 4 is 5.91 Å². The molecule has 136 valence electrons. The summed E-state index contributed by atoms with van der Waals surface area (Å²) < 4.78 is 7.59. The molecule has 0 radical (unpaired) electrons. The molecule has 3 rings (SSSR count). The van der Waals surface area contributed by atoms with E-state index in [1.165, 1.54) is 0 Å². The molecule has 2 aromatic rings. The molecule has 0 aromatic carbocycles. The Bertz CT molecular complexity index is 677. The Labute approximate surface area is 149 Å². The van der Waals surface area contributed by atoms with Gasteiger partial charge in [0.15, 0.2) is 0 Å². The number of aromatic nitrogens is 2. The molecule has 0 spiro atoms. The van der Waals surface area contributed by atoms with Gasteiger partial charge in [-0.1, -0.05) is 13.8 Å². The van der Waals surface area contributed by atoms with E-state index in [1.54, 1.807) is 6.26 Å². The van der Waals surface area contributed by atoms with Crippen LogP contribution in [-0.2, 0) is 11.3 Å². The predicted octanol–water partition coefficient (Wildman–Crippen LogP) is 2.94. The van der Waals surface area contributed by atoms with E-state index in [0.29, 0.717) is 18.5 Å². The first-order valence-corrected chi connectivity index (χ1v) is 9.12. The van der Waals surface area contributed by atoms with Crippen LogP contribution in [0.25, 0.3) is 0 Å². The molecular weight excluding hydrogens is 316 g/mol. The molecule has 2 atom stereocenters. The first kappa shape index (κ1) is 17.7. The topological polar surface area (TPSA) is 63.3 Å². The van der Waals surface area contributed by atoms with Crippen LogP contribution in [0, 0.1) is 0 Å². The van der Waals surface area contributed by atoms with Crippen LogP contribution in [-0.4, -0.2) is 39.5 Å². The van der Waals surface area contributed by atoms with Gasteiger partial charge in [0.05, 0.1) is 18.8 Å². The maximum atomic E-state index is 12.4. The van der Waals surface area contributed by atoms with Crippen LogP contribution in [0.4, 0.5) is 0 Å². The molecule has 1 aliphatic rings. The highest BCUT2D eigenvalue weighted by Crippen LogP contribution is 2.21. The molecule has 1 saturated heterocycles. The monoisotopic (exact) mass is 344 g/mol. The van der Waals surface area contributed by atoms with Gasteiger partial charge in [0, 0.05) is 30.9 Å². The van der Waals surface area contributed by atoms with Gasteiger partial charge in [-0.2, -0.15) is 0 Å². The van der Waals surface area contributed by atoms with E-state index in [4.69, 9.17) is 4.42 Å². The standard InChI is InChI=1S/C19H28N4O2/c1-14(2)19-20-8-10-23(19)12-16-6-4-9-22(16)13-18(24)21-15(3)17-7-5-11-25-17/h5,7-8,10-11,14-16H,4,6,9,12-13H2,1-3H3,(H,21,24)/t15-,16+/m0/s1. The Morgan fingerprint density at radius 1 is 1.44 bits per heavy atom. The highest BCUT2D eigenvalue weighted by atomic mass is 16.3. The Morgan fingerprint density at radius 3 is 3.00 bits per heavy atom. The van der Waals surface area contributed by atoms with Gasteiger partial charge >= 0.3 is 0 Å². The van der Waals surface area contributed by atoms with Crippen molar-refractivity contribution in [3.05, 3.63) is 42.4 Å². The summed E-state index contributed by atoms with van der Waals surface area (Å²) in [5.74, 6) is 2.35. The van der Waals surface area contributed by atoms with Crippen molar-refractivity contribution in [2.45, 2.75) is 58.2 Å². The fourth-order valence-corrected chi connectivity index (χ4v) is 3.59. The molecular formula is C19H28N4O2. The second-order valence-electron chi connectivity index (χ2n) is 7.16. The van der Waals surface area contributed by atoms with Gasteiger partial charge < -0.3 is 14.3 Å². The van der Waals surface area contributed by atoms with E-state index in [2.05, 4.69) is 33.6 Å². The average molecular weight is 344 g/mol. The third-order valence-electron chi connectivity index (χ3n) is 4.86. The zero-order chi connectivity index (χ0) is 17.8. The third kappa shape index (κ3) is 4.31. The normalized spacial score (nSPS) is 19.4. The summed E-state index contributed by atoms with van der Waals surface area (Å²) in [5.41, 5.74) is 0. The minimum atomic E-state index is -0.107. The minimum Gasteiger partial charge on any atom is -0.467 e. The molecule has 6 heteroatoms. The number of amides is 1. The number of nitrogens with one attached hydrogen (secondary N) is 1. The summed E-state index contributed by atoms with van der Waals surface area (Å²) in [4.78, 5) is 19.2. The Kier molecular flexibility index (Phi) is 5.58. The van der Waals surface area contributed by atoms with Crippen LogP contribution in [0.3, 0.4) is 0 Å². The summed E-state index contributed by atoms with van der Waals surface area (Å²) in [5, 5.41) is 3.02. The van der Waals surface area contributed by atoms with E-state index in [-0.39, 0.29) is 11.9 Å². The largest absolute Gasteiger partial charge is 0.467 e. The highest BCUT2D eigenvalue weighted by Gasteiger charge is 2.27. The quantitative estimate of drug-likeness (QED) is 0.839. The number of hydrogen-bond acceptors (Lipinski definition) is 4. The molecule has 0 unspecified atom stereocenters. The van der Waals surface area contributed by atoms with Crippen LogP contribution in [0.5, 0.6) is 0 Å². The lowest BCUT2D eigenvalue weighted by molar-refractivity contribution is -0.123. The molecule has 3 heterocycles. The van der Waals surface area contributed by atoms with Gasteiger partial charge in [-0.15, -0.1) is 0 Å². The number of imidazole rings is 1. The van der Waals surface area contributed by atoms with E-state index < -0.39 is 0 Å². The van der Waals surface area contributed by atoms with Gasteiger partial charge in [-0.05, 0) is 38.4 Å². The van der Waals surface area contributed by atoms with E-state index in [0.717, 1.165) is 37.5 Å². The number of carbonyl (C=O) groups is 1. The lowest BCUT2D eigenvalue weighted by Crippen LogP contribution is -2.42. The molecule has 1 aliphatic heterocycles. The summed E-state index contributed by atoms with van der Waals surface area (Å²) in [7, 11) is 0. The molecule has 1 fully saturated rings. The van der Waals surface area contributed by atoms with Crippen LogP contribution < -0.4 is 5.32 Å². The van der Waals surface area contributed by atoms with E-state index in [9.17, 15) is 4.79 Å². The second-order valence-corrected chi connectivity index (χ2v) is 7.16. The van der Waals surface area contributed by atoms with E-state index in [1.807, 2.05) is 31.5 Å². The number of likely N-dealkylation sites (tertiary alicyclic amines) is 1. The number of carbonyl (C=O) groups excluding carboxylic acids is 1. The van der Waals surface area contributed by atoms with Crippen LogP contribution >= 0.6 is 0 Å². The van der Waals surface area contributed by atoms with Gasteiger partial charge in [0.1, 0.15) is 11.6 Å². The van der Waals surface area contributed by atoms with Crippen molar-refractivity contribution < 1.29 is 9.21 Å². The summed E-state index contributed by atoms with van der Waals surface area (Å²) in [6.45, 7) is 8.57. The lowest BCUT2D eigenvalue weighted by Gasteiger charge is -2.25. The molecule has 1 amide bonds. The smallest absolute Gasteiger partial charge is 0.234 e. The lowest BCUT2D eigenvalue weighted by atomic mass is 10.2. The fourth-order valence-electron chi connectivity index (χ4n) is 3.59. The maximum absolute atomic E-state index is 12.4. The molecule has 0 bridgehead atoms. The first-order chi connectivity index (χ1) is 12.0. The number of nitrogens with zero attached hydrogens (tertiary/aromatic N) is 3. The van der Waals surface area contributed by atoms with E-state index >= 15 is 0 Å². The fraction of sp³-hybridized carbons (Fsp3) is 0.579. The Balaban J connectivity index is 1.56. The van der Waals surface area contributed by atoms with Crippen molar-refractivity contribution in [3.8, 4) is 0 Å². The zero-order valence-electron chi connectivity index (χ0n) is 15.3. The van der Waals surface area contributed by atoms with Crippen molar-refractivity contribution in [3.63, 3.8) is 0 Å². The van der Waals surface area contributed by atoms with Crippen LogP contribution in [0.1, 0.15) is 57.2 Å². The van der Waals surface area contributed by atoms with Gasteiger partial charge in [0.25, 0.3) is 0 Å². The van der Waals surface area contributed by atoms with Gasteiger partial charge in [0.2, 0.25) is 5.91 Å². The van der Waals surface area contributed by atoms with Crippen molar-refractivity contribution in [2.24, 2.45) is 0 Å². The van der Waals surface area contributed by atoms with Crippen LogP contribution in [0.2, 0.25) is 0 Å². The van der Waals surface area contributed by atoms with Crippen molar-refractivity contribution in [1.29, 1.82) is 0 Å². The molecule has 1 N–H and O–H groups in total. The zero-order valence-corrected chi connectivity index (χ0v) is 15.3. The molecule has 0 aliphatic carbocycles. The van der Waals surface area contributed by atoms with Crippen LogP contribution in [0.15, 0.2) is 35.2 Å². The second kappa shape index (κ2) is 7.87. The molecule has 0 saturated carbocycles. The van der Waals surface area contributed by atoms with Gasteiger partial charge in [-0.3, -0.25) is 9.69 Å². The summed E-state index contributed by atoms with van der Waals surface area (Å²) in [6.07, 6.45) is 7.80. The number of rotatable bonds is 7. The maximum Gasteiger partial charge on any atom is 0.234 e. The SMILES string of the molecule is CC(C)c1nccn1C[C@H]1CCCN1CC(=O)N[C@@H](C)c1ccco1. The summed E-state index contributed by atoms with van der Waals surface area (Å²) >= 11 is 0. The molecule has 6 nitrogen and oxygen atoms in total. The predicted molar refractivity (Wildman–Crippen MR) is 96.2 cm³/mol. The Hall–Kier alpha value is -2.08.